The van der Waals surface area contributed by atoms with E-state index in [4.69, 9.17) is 5.73 Å². The van der Waals surface area contributed by atoms with Gasteiger partial charge >= 0.3 is 0 Å². The molecule has 2 N–H and O–H groups in total. The van der Waals surface area contributed by atoms with Gasteiger partial charge in [-0.15, -0.1) is 0 Å². The van der Waals surface area contributed by atoms with Gasteiger partial charge in [0.2, 0.25) is 0 Å². The van der Waals surface area contributed by atoms with Gasteiger partial charge in [-0.2, -0.15) is 0 Å². The molecule has 1 aromatic carbocycles. The lowest BCUT2D eigenvalue weighted by Crippen LogP contribution is -2.26. The molecule has 0 saturated carbocycles. The molecule has 0 amide bonds. The molecule has 0 spiro atoms. The summed E-state index contributed by atoms with van der Waals surface area (Å²) in [6.45, 7) is 5.99. The summed E-state index contributed by atoms with van der Waals surface area (Å²) in [5.41, 5.74) is 8.15. The normalized spacial score (nSPS) is 14.5. The first-order valence-corrected chi connectivity index (χ1v) is 5.47. The van der Waals surface area contributed by atoms with Gasteiger partial charge in [0, 0.05) is 18.2 Å². The lowest BCUT2D eigenvalue weighted by atomic mass is 9.89. The zero-order chi connectivity index (χ0) is 12.3. The third kappa shape index (κ3) is 2.58. The molecule has 0 saturated heterocycles. The molecule has 0 bridgehead atoms. The monoisotopic (exact) mass is 222 g/mol. The van der Waals surface area contributed by atoms with E-state index in [1.54, 1.807) is 12.1 Å². The molecule has 0 aromatic heterocycles. The number of nitrogens with two attached hydrogens (primary N) is 1. The van der Waals surface area contributed by atoms with Crippen molar-refractivity contribution in [2.24, 2.45) is 5.73 Å². The molecular weight excluding hydrogens is 204 g/mol. The average Bonchev–Trinajstić information content (AvgIpc) is 2.26. The molecule has 1 aromatic rings. The first-order valence-electron chi connectivity index (χ1n) is 5.47. The third-order valence-corrected chi connectivity index (χ3v) is 3.07. The van der Waals surface area contributed by atoms with Crippen molar-refractivity contribution in [1.82, 2.24) is 0 Å². The van der Waals surface area contributed by atoms with Gasteiger partial charge in [-0.25, -0.2) is 0 Å². The molecule has 0 fully saturated rings. The van der Waals surface area contributed by atoms with Gasteiger partial charge in [-0.3, -0.25) is 10.1 Å². The van der Waals surface area contributed by atoms with Crippen molar-refractivity contribution in [2.45, 2.75) is 39.2 Å². The smallest absolute Gasteiger partial charge is 0.269 e. The van der Waals surface area contributed by atoms with Gasteiger partial charge in [0.1, 0.15) is 0 Å². The van der Waals surface area contributed by atoms with Crippen molar-refractivity contribution in [3.63, 3.8) is 0 Å². The third-order valence-electron chi connectivity index (χ3n) is 3.07. The Morgan fingerprint density at radius 2 is 2.12 bits per heavy atom. The summed E-state index contributed by atoms with van der Waals surface area (Å²) in [5, 5.41) is 10.6. The highest BCUT2D eigenvalue weighted by molar-refractivity contribution is 5.41. The maximum absolute atomic E-state index is 10.6. The van der Waals surface area contributed by atoms with Crippen LogP contribution in [0.4, 0.5) is 5.69 Å². The van der Waals surface area contributed by atoms with Crippen LogP contribution >= 0.6 is 0 Å². The number of nitro benzene ring substituents is 1. The summed E-state index contributed by atoms with van der Waals surface area (Å²) in [5.74, 6) is 0.228. The molecular formula is C12H18N2O2. The van der Waals surface area contributed by atoms with Crippen LogP contribution < -0.4 is 5.73 Å². The van der Waals surface area contributed by atoms with Gasteiger partial charge in [0.05, 0.1) is 4.92 Å². The molecule has 0 heterocycles. The van der Waals surface area contributed by atoms with E-state index >= 15 is 0 Å². The van der Waals surface area contributed by atoms with Crippen molar-refractivity contribution in [1.29, 1.82) is 0 Å². The number of rotatable bonds is 4. The van der Waals surface area contributed by atoms with Crippen molar-refractivity contribution >= 4 is 5.69 Å². The van der Waals surface area contributed by atoms with Gasteiger partial charge in [0.15, 0.2) is 0 Å². The number of benzene rings is 1. The Morgan fingerprint density at radius 1 is 1.50 bits per heavy atom. The van der Waals surface area contributed by atoms with Crippen LogP contribution in [0.25, 0.3) is 0 Å². The molecule has 16 heavy (non-hydrogen) atoms. The molecule has 88 valence electrons. The van der Waals surface area contributed by atoms with Crippen LogP contribution in [0.1, 0.15) is 37.3 Å². The Hall–Kier alpha value is -1.42. The van der Waals surface area contributed by atoms with E-state index in [0.29, 0.717) is 0 Å². The van der Waals surface area contributed by atoms with Gasteiger partial charge in [-0.1, -0.05) is 19.9 Å². The van der Waals surface area contributed by atoms with E-state index in [0.717, 1.165) is 17.5 Å². The molecule has 4 heteroatoms. The average molecular weight is 222 g/mol. The lowest BCUT2D eigenvalue weighted by Gasteiger charge is -2.20. The minimum atomic E-state index is -0.374. The first kappa shape index (κ1) is 12.6. The summed E-state index contributed by atoms with van der Waals surface area (Å²) in [7, 11) is 0. The van der Waals surface area contributed by atoms with Crippen LogP contribution in [-0.2, 0) is 0 Å². The molecule has 0 aliphatic rings. The highest BCUT2D eigenvalue weighted by Crippen LogP contribution is 2.26. The second-order valence-corrected chi connectivity index (χ2v) is 4.16. The largest absolute Gasteiger partial charge is 0.327 e. The topological polar surface area (TPSA) is 69.2 Å². The molecule has 0 radical (unpaired) electrons. The van der Waals surface area contributed by atoms with E-state index in [1.807, 2.05) is 19.9 Å². The van der Waals surface area contributed by atoms with Crippen molar-refractivity contribution < 1.29 is 4.92 Å². The summed E-state index contributed by atoms with van der Waals surface area (Å²) >= 11 is 0. The van der Waals surface area contributed by atoms with E-state index in [-0.39, 0.29) is 22.6 Å². The Balaban J connectivity index is 3.03. The molecule has 2 unspecified atom stereocenters. The predicted molar refractivity (Wildman–Crippen MR) is 64.5 cm³/mol. The van der Waals surface area contributed by atoms with Crippen LogP contribution in [0.2, 0.25) is 0 Å². The number of non-ortho nitro benzene ring substituents is 1. The Morgan fingerprint density at radius 3 is 2.56 bits per heavy atom. The maximum Gasteiger partial charge on any atom is 0.269 e. The van der Waals surface area contributed by atoms with E-state index in [1.165, 1.54) is 0 Å². The maximum atomic E-state index is 10.6. The van der Waals surface area contributed by atoms with Crippen LogP contribution in [0.5, 0.6) is 0 Å². The summed E-state index contributed by atoms with van der Waals surface area (Å²) < 4.78 is 0. The van der Waals surface area contributed by atoms with E-state index in [2.05, 4.69) is 6.92 Å². The molecule has 4 nitrogen and oxygen atoms in total. The van der Waals surface area contributed by atoms with E-state index < -0.39 is 0 Å². The summed E-state index contributed by atoms with van der Waals surface area (Å²) in [4.78, 5) is 10.2. The van der Waals surface area contributed by atoms with E-state index in [9.17, 15) is 10.1 Å². The van der Waals surface area contributed by atoms with Gasteiger partial charge < -0.3 is 5.73 Å². The highest BCUT2D eigenvalue weighted by Gasteiger charge is 2.17. The van der Waals surface area contributed by atoms with Crippen molar-refractivity contribution in [3.05, 3.63) is 39.4 Å². The number of nitro groups is 1. The first-order chi connectivity index (χ1) is 7.47. The van der Waals surface area contributed by atoms with Crippen LogP contribution in [-0.4, -0.2) is 11.0 Å². The molecule has 1 rings (SSSR count). The number of hydrogen-bond donors (Lipinski definition) is 1. The number of nitrogens with zero attached hydrogens (tertiary/aromatic N) is 1. The van der Waals surface area contributed by atoms with Gasteiger partial charge in [-0.05, 0) is 30.4 Å². The minimum Gasteiger partial charge on any atom is -0.327 e. The Bertz CT molecular complexity index is 391. The summed E-state index contributed by atoms with van der Waals surface area (Å²) in [6, 6.07) is 5.06. The second-order valence-electron chi connectivity index (χ2n) is 4.16. The number of aryl methyl sites for hydroxylation is 1. The minimum absolute atomic E-state index is 0.0974. The van der Waals surface area contributed by atoms with Crippen molar-refractivity contribution in [2.75, 3.05) is 0 Å². The van der Waals surface area contributed by atoms with Crippen LogP contribution in [0, 0.1) is 17.0 Å². The fraction of sp³-hybridized carbons (Fsp3) is 0.500. The number of hydrogen-bond acceptors (Lipinski definition) is 3. The SMILES string of the molecule is CCC(N)C(C)c1ccc([N+](=O)[O-])cc1C. The van der Waals surface area contributed by atoms with Crippen LogP contribution in [0.3, 0.4) is 0 Å². The predicted octanol–water partition coefficient (Wildman–Crippen LogP) is 2.74. The quantitative estimate of drug-likeness (QED) is 0.629. The van der Waals surface area contributed by atoms with Crippen molar-refractivity contribution in [3.8, 4) is 0 Å². The highest BCUT2D eigenvalue weighted by atomic mass is 16.6. The van der Waals surface area contributed by atoms with Crippen LogP contribution in [0.15, 0.2) is 18.2 Å². The fourth-order valence-electron chi connectivity index (χ4n) is 1.87. The molecule has 2 atom stereocenters. The standard InChI is InChI=1S/C12H18N2O2/c1-4-12(13)9(3)11-6-5-10(14(15)16)7-8(11)2/h5-7,9,12H,4,13H2,1-3H3. The zero-order valence-electron chi connectivity index (χ0n) is 9.93. The van der Waals surface area contributed by atoms with Gasteiger partial charge in [0.25, 0.3) is 5.69 Å². The second kappa shape index (κ2) is 5.07. The molecule has 0 aliphatic heterocycles. The fourth-order valence-corrected chi connectivity index (χ4v) is 1.87. The zero-order valence-corrected chi connectivity index (χ0v) is 9.93. The summed E-state index contributed by atoms with van der Waals surface area (Å²) in [6.07, 6.45) is 0.900. The Labute approximate surface area is 95.6 Å². The molecule has 0 aliphatic carbocycles. The lowest BCUT2D eigenvalue weighted by molar-refractivity contribution is -0.384. The Kier molecular flexibility index (Phi) is 4.01.